The lowest BCUT2D eigenvalue weighted by Crippen LogP contribution is -2.46. The summed E-state index contributed by atoms with van der Waals surface area (Å²) in [5.74, 6) is -0.821. The number of nitrogens with one attached hydrogen (secondary N) is 2. The first kappa shape index (κ1) is 16.4. The van der Waals surface area contributed by atoms with Gasteiger partial charge in [0.25, 0.3) is 0 Å². The summed E-state index contributed by atoms with van der Waals surface area (Å²) in [5, 5.41) is 14.9. The first-order chi connectivity index (χ1) is 9.42. The van der Waals surface area contributed by atoms with E-state index in [1.807, 2.05) is 20.8 Å². The fourth-order valence-electron chi connectivity index (χ4n) is 1.65. The Morgan fingerprint density at radius 3 is 2.65 bits per heavy atom. The van der Waals surface area contributed by atoms with E-state index in [0.29, 0.717) is 13.0 Å². The van der Waals surface area contributed by atoms with Crippen molar-refractivity contribution in [1.82, 2.24) is 15.6 Å². The lowest BCUT2D eigenvalue weighted by Gasteiger charge is -2.16. The Labute approximate surface area is 122 Å². The second-order valence-corrected chi connectivity index (χ2v) is 6.12. The van der Waals surface area contributed by atoms with Crippen LogP contribution in [0.5, 0.6) is 0 Å². The molecule has 1 aromatic rings. The third-order valence-electron chi connectivity index (χ3n) is 2.66. The largest absolute Gasteiger partial charge is 0.480 e. The van der Waals surface area contributed by atoms with Gasteiger partial charge in [0.15, 0.2) is 0 Å². The average Bonchev–Trinajstić information content (AvgIpc) is 2.83. The molecule has 7 heteroatoms. The summed E-state index contributed by atoms with van der Waals surface area (Å²) in [4.78, 5) is 28.1. The van der Waals surface area contributed by atoms with Gasteiger partial charge >= 0.3 is 12.0 Å². The summed E-state index contributed by atoms with van der Waals surface area (Å²) in [6.07, 6.45) is 3.11. The molecule has 2 amide bonds. The molecule has 0 spiro atoms. The SMILES string of the molecule is CCc1cnc(CNC(=O)N[C@H](CC(C)C)C(=O)O)s1. The highest BCUT2D eigenvalue weighted by atomic mass is 32.1. The van der Waals surface area contributed by atoms with E-state index in [-0.39, 0.29) is 5.92 Å². The molecule has 6 nitrogen and oxygen atoms in total. The van der Waals surface area contributed by atoms with E-state index in [1.54, 1.807) is 17.5 Å². The molecule has 0 aromatic carbocycles. The van der Waals surface area contributed by atoms with Gasteiger partial charge in [-0.15, -0.1) is 11.3 Å². The first-order valence-corrected chi connectivity index (χ1v) is 7.44. The predicted octanol–water partition coefficient (Wildman–Crippen LogP) is 2.00. The molecule has 0 aliphatic carbocycles. The Kier molecular flexibility index (Phi) is 6.44. The van der Waals surface area contributed by atoms with E-state index in [9.17, 15) is 9.59 Å². The predicted molar refractivity (Wildman–Crippen MR) is 77.7 cm³/mol. The zero-order chi connectivity index (χ0) is 15.1. The van der Waals surface area contributed by atoms with Crippen LogP contribution in [-0.4, -0.2) is 28.1 Å². The second-order valence-electron chi connectivity index (χ2n) is 4.92. The van der Waals surface area contributed by atoms with Gasteiger partial charge < -0.3 is 15.7 Å². The van der Waals surface area contributed by atoms with Crippen molar-refractivity contribution in [2.24, 2.45) is 5.92 Å². The number of nitrogens with zero attached hydrogens (tertiary/aromatic N) is 1. The molecule has 0 aliphatic rings. The average molecular weight is 299 g/mol. The van der Waals surface area contributed by atoms with Crippen molar-refractivity contribution in [3.8, 4) is 0 Å². The van der Waals surface area contributed by atoms with Crippen LogP contribution in [0.2, 0.25) is 0 Å². The molecule has 0 fully saturated rings. The van der Waals surface area contributed by atoms with Crippen molar-refractivity contribution in [1.29, 1.82) is 0 Å². The number of hydrogen-bond acceptors (Lipinski definition) is 4. The standard InChI is InChI=1S/C13H21N3O3S/c1-4-9-6-14-11(20-9)7-15-13(19)16-10(12(17)18)5-8(2)3/h6,8,10H,4-5,7H2,1-3H3,(H,17,18)(H2,15,16,19)/t10-/m1/s1. The number of aromatic nitrogens is 1. The van der Waals surface area contributed by atoms with Crippen molar-refractivity contribution in [3.63, 3.8) is 0 Å². The van der Waals surface area contributed by atoms with Crippen LogP contribution in [0.25, 0.3) is 0 Å². The van der Waals surface area contributed by atoms with Crippen LogP contribution in [0.15, 0.2) is 6.20 Å². The third kappa shape index (κ3) is 5.56. The molecule has 1 aromatic heterocycles. The number of carbonyl (C=O) groups excluding carboxylic acids is 1. The Hall–Kier alpha value is -1.63. The maximum atomic E-state index is 11.7. The van der Waals surface area contributed by atoms with Gasteiger partial charge in [0, 0.05) is 11.1 Å². The summed E-state index contributed by atoms with van der Waals surface area (Å²) in [6.45, 7) is 6.18. The molecule has 0 radical (unpaired) electrons. The van der Waals surface area contributed by atoms with Crippen molar-refractivity contribution in [2.75, 3.05) is 0 Å². The van der Waals surface area contributed by atoms with Crippen LogP contribution in [-0.2, 0) is 17.8 Å². The van der Waals surface area contributed by atoms with Crippen LogP contribution in [0.4, 0.5) is 4.79 Å². The quantitative estimate of drug-likeness (QED) is 0.718. The molecule has 1 atom stereocenters. The van der Waals surface area contributed by atoms with Gasteiger partial charge in [0.05, 0.1) is 6.54 Å². The normalized spacial score (nSPS) is 12.2. The van der Waals surface area contributed by atoms with Crippen LogP contribution in [0, 0.1) is 5.92 Å². The molecule has 20 heavy (non-hydrogen) atoms. The number of carboxylic acid groups (broad SMARTS) is 1. The number of amides is 2. The fourth-order valence-corrected chi connectivity index (χ4v) is 2.45. The number of thiazole rings is 1. The van der Waals surface area contributed by atoms with Gasteiger partial charge in [0.1, 0.15) is 11.0 Å². The summed E-state index contributed by atoms with van der Waals surface area (Å²) in [6, 6.07) is -1.34. The van der Waals surface area contributed by atoms with E-state index in [1.165, 1.54) is 0 Å². The summed E-state index contributed by atoms with van der Waals surface area (Å²) in [7, 11) is 0. The Morgan fingerprint density at radius 2 is 2.15 bits per heavy atom. The smallest absolute Gasteiger partial charge is 0.326 e. The highest BCUT2D eigenvalue weighted by Gasteiger charge is 2.20. The minimum Gasteiger partial charge on any atom is -0.480 e. The molecule has 1 heterocycles. The van der Waals surface area contributed by atoms with E-state index in [2.05, 4.69) is 15.6 Å². The summed E-state index contributed by atoms with van der Waals surface area (Å²) >= 11 is 1.54. The van der Waals surface area contributed by atoms with Crippen molar-refractivity contribution >= 4 is 23.3 Å². The zero-order valence-corrected chi connectivity index (χ0v) is 12.8. The number of rotatable bonds is 7. The minimum absolute atomic E-state index is 0.197. The van der Waals surface area contributed by atoms with E-state index < -0.39 is 18.0 Å². The number of carbonyl (C=O) groups is 2. The number of urea groups is 1. The topological polar surface area (TPSA) is 91.3 Å². The lowest BCUT2D eigenvalue weighted by atomic mass is 10.0. The maximum absolute atomic E-state index is 11.7. The van der Waals surface area contributed by atoms with Crippen molar-refractivity contribution < 1.29 is 14.7 Å². The fraction of sp³-hybridized carbons (Fsp3) is 0.615. The van der Waals surface area contributed by atoms with E-state index >= 15 is 0 Å². The minimum atomic E-state index is -1.02. The van der Waals surface area contributed by atoms with Gasteiger partial charge in [-0.2, -0.15) is 0 Å². The Morgan fingerprint density at radius 1 is 1.45 bits per heavy atom. The van der Waals surface area contributed by atoms with Gasteiger partial charge in [-0.1, -0.05) is 20.8 Å². The molecule has 3 N–H and O–H groups in total. The van der Waals surface area contributed by atoms with Crippen molar-refractivity contribution in [3.05, 3.63) is 16.1 Å². The molecule has 0 aliphatic heterocycles. The molecule has 0 unspecified atom stereocenters. The molecule has 0 bridgehead atoms. The first-order valence-electron chi connectivity index (χ1n) is 6.63. The Bertz CT molecular complexity index is 459. The van der Waals surface area contributed by atoms with Crippen LogP contribution in [0.3, 0.4) is 0 Å². The summed E-state index contributed by atoms with van der Waals surface area (Å²) < 4.78 is 0. The number of hydrogen-bond donors (Lipinski definition) is 3. The molecular formula is C13H21N3O3S. The molecule has 1 rings (SSSR count). The molecule has 112 valence electrons. The third-order valence-corrected chi connectivity index (χ3v) is 3.80. The van der Waals surface area contributed by atoms with Crippen molar-refractivity contribution in [2.45, 2.75) is 46.2 Å². The van der Waals surface area contributed by atoms with Crippen LogP contribution in [0.1, 0.15) is 37.1 Å². The van der Waals surface area contributed by atoms with Gasteiger partial charge in [-0.3, -0.25) is 0 Å². The highest BCUT2D eigenvalue weighted by Crippen LogP contribution is 2.12. The van der Waals surface area contributed by atoms with Gasteiger partial charge in [0.2, 0.25) is 0 Å². The van der Waals surface area contributed by atoms with E-state index in [4.69, 9.17) is 5.11 Å². The zero-order valence-electron chi connectivity index (χ0n) is 12.0. The maximum Gasteiger partial charge on any atom is 0.326 e. The number of carboxylic acids is 1. The van der Waals surface area contributed by atoms with Crippen LogP contribution < -0.4 is 10.6 Å². The highest BCUT2D eigenvalue weighted by molar-refractivity contribution is 7.11. The molecule has 0 saturated heterocycles. The monoisotopic (exact) mass is 299 g/mol. The molecule has 0 saturated carbocycles. The number of aliphatic carboxylic acids is 1. The Balaban J connectivity index is 2.43. The van der Waals surface area contributed by atoms with Gasteiger partial charge in [-0.25, -0.2) is 14.6 Å². The van der Waals surface area contributed by atoms with Crippen LogP contribution >= 0.6 is 11.3 Å². The van der Waals surface area contributed by atoms with E-state index in [0.717, 1.165) is 16.3 Å². The van der Waals surface area contributed by atoms with Gasteiger partial charge in [-0.05, 0) is 18.8 Å². The lowest BCUT2D eigenvalue weighted by molar-refractivity contribution is -0.139. The second kappa shape index (κ2) is 7.84. The summed E-state index contributed by atoms with van der Waals surface area (Å²) in [5.41, 5.74) is 0. The number of aryl methyl sites for hydroxylation is 1. The molecular weight excluding hydrogens is 278 g/mol.